The molecule has 5 heteroatoms. The molecule has 2 atom stereocenters. The molecule has 1 aromatic rings. The minimum absolute atomic E-state index is 0.0231. The van der Waals surface area contributed by atoms with Crippen LogP contribution in [0.25, 0.3) is 0 Å². The molecule has 1 amide bonds. The zero-order valence-corrected chi connectivity index (χ0v) is 13.7. The molecule has 0 radical (unpaired) electrons. The van der Waals surface area contributed by atoms with Crippen molar-refractivity contribution in [1.29, 1.82) is 0 Å². The summed E-state index contributed by atoms with van der Waals surface area (Å²) < 4.78 is 16.7. The van der Waals surface area contributed by atoms with Gasteiger partial charge in [-0.2, -0.15) is 0 Å². The monoisotopic (exact) mass is 319 g/mol. The number of carbonyl (C=O) groups is 1. The van der Waals surface area contributed by atoms with Crippen molar-refractivity contribution < 1.29 is 19.0 Å². The van der Waals surface area contributed by atoms with Crippen LogP contribution in [-0.2, 0) is 9.47 Å². The first kappa shape index (κ1) is 16.3. The van der Waals surface area contributed by atoms with Crippen LogP contribution in [0.5, 0.6) is 5.75 Å². The van der Waals surface area contributed by atoms with E-state index in [1.807, 2.05) is 23.1 Å². The number of nitrogens with zero attached hydrogens (tertiary/aromatic N) is 1. The van der Waals surface area contributed by atoms with Crippen molar-refractivity contribution in [2.45, 2.75) is 37.9 Å². The minimum Gasteiger partial charge on any atom is -0.497 e. The van der Waals surface area contributed by atoms with Crippen LogP contribution in [0.15, 0.2) is 24.3 Å². The molecule has 0 unspecified atom stereocenters. The molecule has 2 fully saturated rings. The molecular formula is C18H25NO4. The van der Waals surface area contributed by atoms with Crippen molar-refractivity contribution in [3.05, 3.63) is 29.8 Å². The topological polar surface area (TPSA) is 48.0 Å². The van der Waals surface area contributed by atoms with Crippen molar-refractivity contribution in [2.75, 3.05) is 33.4 Å². The summed E-state index contributed by atoms with van der Waals surface area (Å²) in [6, 6.07) is 7.33. The lowest BCUT2D eigenvalue weighted by molar-refractivity contribution is 0.0307. The molecular weight excluding hydrogens is 294 g/mol. The largest absolute Gasteiger partial charge is 0.497 e. The molecule has 23 heavy (non-hydrogen) atoms. The van der Waals surface area contributed by atoms with E-state index in [1.54, 1.807) is 13.2 Å². The van der Waals surface area contributed by atoms with Crippen molar-refractivity contribution in [3.8, 4) is 5.75 Å². The van der Waals surface area contributed by atoms with Gasteiger partial charge in [0.05, 0.1) is 19.3 Å². The lowest BCUT2D eigenvalue weighted by Crippen LogP contribution is -2.42. The van der Waals surface area contributed by atoms with Crippen LogP contribution in [0.1, 0.15) is 36.0 Å². The quantitative estimate of drug-likeness (QED) is 0.808. The third-order valence-corrected chi connectivity index (χ3v) is 4.50. The first-order valence-electron chi connectivity index (χ1n) is 8.43. The number of benzene rings is 1. The van der Waals surface area contributed by atoms with Gasteiger partial charge < -0.3 is 19.1 Å². The van der Waals surface area contributed by atoms with Crippen LogP contribution in [0.2, 0.25) is 0 Å². The lowest BCUT2D eigenvalue weighted by Gasteiger charge is -2.28. The number of rotatable bonds is 6. The molecule has 2 saturated heterocycles. The number of amides is 1. The molecule has 5 nitrogen and oxygen atoms in total. The predicted molar refractivity (Wildman–Crippen MR) is 86.8 cm³/mol. The summed E-state index contributed by atoms with van der Waals surface area (Å²) >= 11 is 0. The summed E-state index contributed by atoms with van der Waals surface area (Å²) in [7, 11) is 1.61. The van der Waals surface area contributed by atoms with Gasteiger partial charge in [-0.15, -0.1) is 0 Å². The van der Waals surface area contributed by atoms with Gasteiger partial charge in [-0.3, -0.25) is 4.79 Å². The SMILES string of the molecule is COc1cccc(C(=O)N(C[C@H]2CCCO2)C[C@@H]2CCCO2)c1. The standard InChI is InChI=1S/C18H25NO4/c1-21-15-6-2-5-14(11-15)18(20)19(12-16-7-3-9-22-16)13-17-8-4-10-23-17/h2,5-6,11,16-17H,3-4,7-10,12-13H2,1H3/t16-,17+. The molecule has 126 valence electrons. The van der Waals surface area contributed by atoms with Gasteiger partial charge in [-0.25, -0.2) is 0 Å². The summed E-state index contributed by atoms with van der Waals surface area (Å²) in [5.74, 6) is 0.722. The smallest absolute Gasteiger partial charge is 0.254 e. The summed E-state index contributed by atoms with van der Waals surface area (Å²) in [6.07, 6.45) is 4.48. The zero-order chi connectivity index (χ0) is 16.1. The van der Waals surface area contributed by atoms with E-state index >= 15 is 0 Å². The highest BCUT2D eigenvalue weighted by atomic mass is 16.5. The van der Waals surface area contributed by atoms with E-state index < -0.39 is 0 Å². The van der Waals surface area contributed by atoms with E-state index in [9.17, 15) is 4.79 Å². The Morgan fingerprint density at radius 2 is 1.83 bits per heavy atom. The molecule has 2 aliphatic heterocycles. The normalized spacial score (nSPS) is 23.9. The molecule has 3 rings (SSSR count). The average molecular weight is 319 g/mol. The van der Waals surface area contributed by atoms with Crippen molar-refractivity contribution in [2.24, 2.45) is 0 Å². The van der Waals surface area contributed by atoms with Crippen LogP contribution in [0.3, 0.4) is 0 Å². The van der Waals surface area contributed by atoms with Gasteiger partial charge in [0.2, 0.25) is 0 Å². The van der Waals surface area contributed by atoms with Crippen molar-refractivity contribution in [1.82, 2.24) is 4.90 Å². The van der Waals surface area contributed by atoms with E-state index in [-0.39, 0.29) is 18.1 Å². The molecule has 2 heterocycles. The minimum atomic E-state index is 0.0231. The lowest BCUT2D eigenvalue weighted by atomic mass is 10.1. The third-order valence-electron chi connectivity index (χ3n) is 4.50. The second-order valence-electron chi connectivity index (χ2n) is 6.21. The number of ether oxygens (including phenoxy) is 3. The molecule has 0 aliphatic carbocycles. The Hall–Kier alpha value is -1.59. The highest BCUT2D eigenvalue weighted by Gasteiger charge is 2.27. The molecule has 0 bridgehead atoms. The maximum atomic E-state index is 12.9. The third kappa shape index (κ3) is 4.24. The first-order valence-corrected chi connectivity index (χ1v) is 8.43. The Morgan fingerprint density at radius 3 is 2.35 bits per heavy atom. The Kier molecular flexibility index (Phi) is 5.51. The Labute approximate surface area is 137 Å². The summed E-state index contributed by atoms with van der Waals surface area (Å²) in [4.78, 5) is 14.8. The van der Waals surface area contributed by atoms with Crippen molar-refractivity contribution in [3.63, 3.8) is 0 Å². The molecule has 0 N–H and O–H groups in total. The van der Waals surface area contributed by atoms with Crippen molar-refractivity contribution >= 4 is 5.91 Å². The Balaban J connectivity index is 1.72. The van der Waals surface area contributed by atoms with Gasteiger partial charge in [0.1, 0.15) is 5.75 Å². The molecule has 1 aromatic carbocycles. The molecule has 0 spiro atoms. The highest BCUT2D eigenvalue weighted by molar-refractivity contribution is 5.94. The maximum Gasteiger partial charge on any atom is 0.254 e. The fraction of sp³-hybridized carbons (Fsp3) is 0.611. The molecule has 0 aromatic heterocycles. The van der Waals surface area contributed by atoms with Gasteiger partial charge in [0.25, 0.3) is 5.91 Å². The summed E-state index contributed by atoms with van der Waals surface area (Å²) in [5.41, 5.74) is 0.653. The van der Waals surface area contributed by atoms with E-state index in [1.165, 1.54) is 0 Å². The highest BCUT2D eigenvalue weighted by Crippen LogP contribution is 2.20. The van der Waals surface area contributed by atoms with Gasteiger partial charge >= 0.3 is 0 Å². The van der Waals surface area contributed by atoms with Gasteiger partial charge in [0.15, 0.2) is 0 Å². The Morgan fingerprint density at radius 1 is 1.17 bits per heavy atom. The summed E-state index contributed by atoms with van der Waals surface area (Å²) in [6.45, 7) is 2.86. The molecule has 0 saturated carbocycles. The van der Waals surface area contributed by atoms with E-state index in [0.717, 1.165) is 38.9 Å². The summed E-state index contributed by atoms with van der Waals surface area (Å²) in [5, 5.41) is 0. The van der Waals surface area contributed by atoms with E-state index in [0.29, 0.717) is 24.4 Å². The van der Waals surface area contributed by atoms with Crippen LogP contribution >= 0.6 is 0 Å². The Bertz CT molecular complexity index is 504. The maximum absolute atomic E-state index is 12.9. The van der Waals surface area contributed by atoms with Crippen LogP contribution in [0.4, 0.5) is 0 Å². The van der Waals surface area contributed by atoms with Gasteiger partial charge in [-0.05, 0) is 43.9 Å². The fourth-order valence-electron chi connectivity index (χ4n) is 3.25. The molecule has 2 aliphatic rings. The second-order valence-corrected chi connectivity index (χ2v) is 6.21. The van der Waals surface area contributed by atoms with Crippen LogP contribution in [0, 0.1) is 0 Å². The van der Waals surface area contributed by atoms with E-state index in [4.69, 9.17) is 14.2 Å². The number of methoxy groups -OCH3 is 1. The van der Waals surface area contributed by atoms with E-state index in [2.05, 4.69) is 0 Å². The number of hydrogen-bond donors (Lipinski definition) is 0. The van der Waals surface area contributed by atoms with Crippen LogP contribution in [-0.4, -0.2) is 56.4 Å². The van der Waals surface area contributed by atoms with Gasteiger partial charge in [-0.1, -0.05) is 6.07 Å². The first-order chi connectivity index (χ1) is 11.3. The fourth-order valence-corrected chi connectivity index (χ4v) is 3.25. The van der Waals surface area contributed by atoms with Crippen LogP contribution < -0.4 is 4.74 Å². The predicted octanol–water partition coefficient (Wildman–Crippen LogP) is 2.50. The number of carbonyl (C=O) groups excluding carboxylic acids is 1. The second kappa shape index (κ2) is 7.79. The average Bonchev–Trinajstić information content (AvgIpc) is 3.27. The zero-order valence-electron chi connectivity index (χ0n) is 13.7. The number of hydrogen-bond acceptors (Lipinski definition) is 4. The van der Waals surface area contributed by atoms with Gasteiger partial charge in [0, 0.05) is 31.9 Å².